The predicted molar refractivity (Wildman–Crippen MR) is 110 cm³/mol. The third-order valence-electron chi connectivity index (χ3n) is 5.67. The Morgan fingerprint density at radius 1 is 1.07 bits per heavy atom. The molecule has 0 radical (unpaired) electrons. The maximum atomic E-state index is 12.0. The summed E-state index contributed by atoms with van der Waals surface area (Å²) in [5.74, 6) is 1.21. The molecule has 1 saturated carbocycles. The summed E-state index contributed by atoms with van der Waals surface area (Å²) in [4.78, 5) is 29.1. The van der Waals surface area contributed by atoms with Crippen LogP contribution in [0.15, 0.2) is 23.0 Å². The van der Waals surface area contributed by atoms with Crippen LogP contribution in [0.5, 0.6) is 0 Å². The van der Waals surface area contributed by atoms with Crippen LogP contribution in [0.2, 0.25) is 0 Å². The summed E-state index contributed by atoms with van der Waals surface area (Å²) in [6.07, 6.45) is 2.31. The fourth-order valence-electron chi connectivity index (χ4n) is 3.66. The van der Waals surface area contributed by atoms with Crippen molar-refractivity contribution in [2.24, 2.45) is 0 Å². The topological polar surface area (TPSA) is 65.1 Å². The van der Waals surface area contributed by atoms with Crippen molar-refractivity contribution in [2.75, 3.05) is 36.0 Å². The maximum Gasteiger partial charge on any atom is 0.252 e. The first kappa shape index (κ1) is 16.7. The van der Waals surface area contributed by atoms with Gasteiger partial charge in [0.1, 0.15) is 0 Å². The molecule has 2 fully saturated rings. The van der Waals surface area contributed by atoms with Crippen molar-refractivity contribution in [2.45, 2.75) is 32.6 Å². The van der Waals surface area contributed by atoms with Crippen LogP contribution < -0.4 is 15.4 Å². The molecule has 3 heterocycles. The number of H-pyrrole nitrogens is 1. The molecule has 0 unspecified atom stereocenters. The number of benzene rings is 1. The molecule has 0 spiro atoms. The zero-order valence-corrected chi connectivity index (χ0v) is 16.5. The average Bonchev–Trinajstić information content (AvgIpc) is 3.44. The predicted octanol–water partition coefficient (Wildman–Crippen LogP) is 3.20. The van der Waals surface area contributed by atoms with E-state index in [2.05, 4.69) is 40.8 Å². The Bertz CT molecular complexity index is 1060. The maximum absolute atomic E-state index is 12.0. The molecule has 27 heavy (non-hydrogen) atoms. The van der Waals surface area contributed by atoms with E-state index in [1.54, 1.807) is 17.4 Å². The van der Waals surface area contributed by atoms with Gasteiger partial charge in [-0.2, -0.15) is 0 Å². The van der Waals surface area contributed by atoms with Crippen molar-refractivity contribution in [1.82, 2.24) is 15.0 Å². The first-order chi connectivity index (χ1) is 13.1. The summed E-state index contributed by atoms with van der Waals surface area (Å²) in [5, 5.41) is 1.09. The van der Waals surface area contributed by atoms with Gasteiger partial charge in [0.05, 0.1) is 15.9 Å². The van der Waals surface area contributed by atoms with Crippen LogP contribution in [0, 0.1) is 13.8 Å². The van der Waals surface area contributed by atoms with E-state index in [0.717, 1.165) is 61.3 Å². The fourth-order valence-corrected chi connectivity index (χ4v) is 4.74. The Kier molecular flexibility index (Phi) is 3.93. The molecule has 140 valence electrons. The van der Waals surface area contributed by atoms with Gasteiger partial charge in [-0.1, -0.05) is 17.4 Å². The lowest BCUT2D eigenvalue weighted by Crippen LogP contribution is -2.47. The number of thiazole rings is 1. The van der Waals surface area contributed by atoms with Crippen LogP contribution in [0.3, 0.4) is 0 Å². The van der Waals surface area contributed by atoms with Crippen LogP contribution in [0.4, 0.5) is 11.1 Å². The van der Waals surface area contributed by atoms with E-state index < -0.39 is 0 Å². The number of fused-ring (bicyclic) bond motifs is 1. The number of piperazine rings is 1. The molecule has 0 atom stereocenters. The lowest BCUT2D eigenvalue weighted by molar-refractivity contribution is 0.636. The molecule has 1 aliphatic heterocycles. The zero-order chi connectivity index (χ0) is 18.5. The third-order valence-corrected chi connectivity index (χ3v) is 6.75. The number of nitrogens with one attached hydrogen (secondary N) is 1. The van der Waals surface area contributed by atoms with Crippen molar-refractivity contribution in [3.05, 3.63) is 45.4 Å². The van der Waals surface area contributed by atoms with Gasteiger partial charge >= 0.3 is 0 Å². The summed E-state index contributed by atoms with van der Waals surface area (Å²) in [7, 11) is 0. The molecule has 2 aliphatic rings. The molecule has 2 aromatic heterocycles. The molecule has 3 aromatic rings. The van der Waals surface area contributed by atoms with Crippen LogP contribution in [-0.4, -0.2) is 41.1 Å². The molecule has 1 aliphatic carbocycles. The summed E-state index contributed by atoms with van der Waals surface area (Å²) in [6.45, 7) is 7.73. The summed E-state index contributed by atoms with van der Waals surface area (Å²) < 4.78 is 1.25. The molecule has 0 bridgehead atoms. The van der Waals surface area contributed by atoms with Gasteiger partial charge in [-0.3, -0.25) is 9.78 Å². The molecular weight excluding hydrogens is 358 g/mol. The van der Waals surface area contributed by atoms with Crippen LogP contribution in [-0.2, 0) is 0 Å². The van der Waals surface area contributed by atoms with Gasteiger partial charge in [0.25, 0.3) is 5.56 Å². The minimum absolute atomic E-state index is 0.0404. The summed E-state index contributed by atoms with van der Waals surface area (Å²) in [5.41, 5.74) is 4.59. The zero-order valence-electron chi connectivity index (χ0n) is 15.7. The number of nitrogens with zero attached hydrogens (tertiary/aromatic N) is 4. The lowest BCUT2D eigenvalue weighted by Gasteiger charge is -2.34. The van der Waals surface area contributed by atoms with Crippen LogP contribution >= 0.6 is 11.3 Å². The Morgan fingerprint density at radius 2 is 1.81 bits per heavy atom. The average molecular weight is 382 g/mol. The highest BCUT2D eigenvalue weighted by atomic mass is 32.1. The van der Waals surface area contributed by atoms with E-state index >= 15 is 0 Å². The summed E-state index contributed by atoms with van der Waals surface area (Å²) >= 11 is 1.76. The van der Waals surface area contributed by atoms with Gasteiger partial charge in [-0.25, -0.2) is 9.97 Å². The molecule has 6 nitrogen and oxygen atoms in total. The Labute approximate surface area is 161 Å². The van der Waals surface area contributed by atoms with Crippen LogP contribution in [0.25, 0.3) is 10.2 Å². The van der Waals surface area contributed by atoms with E-state index in [9.17, 15) is 4.79 Å². The molecule has 5 rings (SSSR count). The number of hydrogen-bond donors (Lipinski definition) is 1. The van der Waals surface area contributed by atoms with Crippen molar-refractivity contribution in [3.8, 4) is 0 Å². The highest BCUT2D eigenvalue weighted by Gasteiger charge is 2.27. The standard InChI is InChI=1S/C20H23N5OS/c1-12-3-6-16-18(13(12)2)23-20(27-16)25-9-7-24(8-10-25)19-21-15(14-4-5-14)11-17(26)22-19/h3,6,11,14H,4-5,7-10H2,1-2H3,(H,21,22,26). The number of anilines is 2. The Morgan fingerprint density at radius 3 is 2.56 bits per heavy atom. The monoisotopic (exact) mass is 381 g/mol. The number of aromatic amines is 1. The molecule has 0 amide bonds. The van der Waals surface area contributed by atoms with Crippen molar-refractivity contribution in [1.29, 1.82) is 0 Å². The first-order valence-corrected chi connectivity index (χ1v) is 10.4. The Hall–Kier alpha value is -2.41. The fraction of sp³-hybridized carbons (Fsp3) is 0.450. The smallest absolute Gasteiger partial charge is 0.252 e. The third kappa shape index (κ3) is 3.10. The van der Waals surface area contributed by atoms with Gasteiger partial charge in [-0.05, 0) is 43.9 Å². The van der Waals surface area contributed by atoms with E-state index in [4.69, 9.17) is 9.97 Å². The second kappa shape index (κ2) is 6.34. The van der Waals surface area contributed by atoms with Crippen LogP contribution in [0.1, 0.15) is 35.6 Å². The minimum atomic E-state index is -0.0404. The van der Waals surface area contributed by atoms with Crippen molar-refractivity contribution >= 4 is 32.6 Å². The van der Waals surface area contributed by atoms with Gasteiger partial charge in [0.15, 0.2) is 5.13 Å². The van der Waals surface area contributed by atoms with Gasteiger partial charge in [0.2, 0.25) is 5.95 Å². The number of rotatable bonds is 3. The van der Waals surface area contributed by atoms with Gasteiger partial charge < -0.3 is 9.80 Å². The van der Waals surface area contributed by atoms with E-state index in [-0.39, 0.29) is 5.56 Å². The second-order valence-electron chi connectivity index (χ2n) is 7.59. The van der Waals surface area contributed by atoms with Gasteiger partial charge in [0, 0.05) is 38.2 Å². The van der Waals surface area contributed by atoms with Gasteiger partial charge in [-0.15, -0.1) is 0 Å². The van der Waals surface area contributed by atoms with E-state index in [1.165, 1.54) is 15.8 Å². The minimum Gasteiger partial charge on any atom is -0.345 e. The second-order valence-corrected chi connectivity index (χ2v) is 8.60. The molecule has 7 heteroatoms. The lowest BCUT2D eigenvalue weighted by atomic mass is 10.1. The number of aryl methyl sites for hydroxylation is 2. The SMILES string of the molecule is Cc1ccc2sc(N3CCN(c4nc(C5CC5)cc(=O)[nH]4)CC3)nc2c1C. The van der Waals surface area contributed by atoms with E-state index in [1.807, 2.05) is 0 Å². The molecule has 1 aromatic carbocycles. The summed E-state index contributed by atoms with van der Waals surface area (Å²) in [6, 6.07) is 6.00. The molecule has 1 saturated heterocycles. The van der Waals surface area contributed by atoms with Crippen molar-refractivity contribution in [3.63, 3.8) is 0 Å². The molecule has 1 N–H and O–H groups in total. The Balaban J connectivity index is 1.34. The molecular formula is C20H23N5OS. The number of aromatic nitrogens is 3. The number of hydrogen-bond acceptors (Lipinski definition) is 6. The van der Waals surface area contributed by atoms with Crippen molar-refractivity contribution < 1.29 is 0 Å². The highest BCUT2D eigenvalue weighted by Crippen LogP contribution is 2.38. The largest absolute Gasteiger partial charge is 0.345 e. The van der Waals surface area contributed by atoms with E-state index in [0.29, 0.717) is 5.92 Å². The quantitative estimate of drug-likeness (QED) is 0.755. The highest BCUT2D eigenvalue weighted by molar-refractivity contribution is 7.22. The first-order valence-electron chi connectivity index (χ1n) is 9.56. The normalized spacial score (nSPS) is 17.7.